The summed E-state index contributed by atoms with van der Waals surface area (Å²) in [4.78, 5) is 50.3. The topological polar surface area (TPSA) is 123 Å². The van der Waals surface area contributed by atoms with Gasteiger partial charge in [-0.15, -0.1) is 13.2 Å². The Bertz CT molecular complexity index is 1100. The van der Waals surface area contributed by atoms with E-state index in [1.165, 1.54) is 45.6 Å². The van der Waals surface area contributed by atoms with Crippen molar-refractivity contribution in [2.45, 2.75) is 19.6 Å². The van der Waals surface area contributed by atoms with Crippen molar-refractivity contribution in [3.8, 4) is 17.2 Å². The predicted octanol–water partition coefficient (Wildman–Crippen LogP) is 0.208. The smallest absolute Gasteiger partial charge is 0.337 e. The molecule has 1 N–H and O–H groups in total. The van der Waals surface area contributed by atoms with Crippen molar-refractivity contribution in [2.24, 2.45) is 0 Å². The zero-order valence-corrected chi connectivity index (χ0v) is 17.5. The fourth-order valence-electron chi connectivity index (χ4n) is 2.89. The first-order chi connectivity index (χ1) is 14.8. The molecule has 2 aromatic rings. The molecule has 1 amide bonds. The summed E-state index contributed by atoms with van der Waals surface area (Å²) in [5, 5.41) is 2.57. The third kappa shape index (κ3) is 4.77. The molecule has 0 aliphatic carbocycles. The lowest BCUT2D eigenvalue weighted by molar-refractivity contribution is -0.116. The van der Waals surface area contributed by atoms with Crippen molar-refractivity contribution < 1.29 is 19.0 Å². The molecule has 0 radical (unpaired) electrons. The van der Waals surface area contributed by atoms with Crippen LogP contribution in [0.25, 0.3) is 0 Å². The minimum Gasteiger partial charge on any atom is -0.493 e. The van der Waals surface area contributed by atoms with Gasteiger partial charge in [-0.05, 0) is 0 Å². The number of carbonyl (C=O) groups is 1. The van der Waals surface area contributed by atoms with Crippen molar-refractivity contribution in [2.75, 3.05) is 26.6 Å². The number of ether oxygens (including phenoxy) is 3. The fourth-order valence-corrected chi connectivity index (χ4v) is 2.89. The minimum atomic E-state index is -0.921. The largest absolute Gasteiger partial charge is 0.493 e. The number of nitrogens with zero attached hydrogens (tertiary/aromatic N) is 3. The molecular formula is C20H24N4O7. The van der Waals surface area contributed by atoms with E-state index in [-0.39, 0.29) is 13.1 Å². The summed E-state index contributed by atoms with van der Waals surface area (Å²) in [7, 11) is 4.29. The van der Waals surface area contributed by atoms with Gasteiger partial charge in [-0.3, -0.25) is 4.79 Å². The van der Waals surface area contributed by atoms with Crippen LogP contribution in [0.15, 0.2) is 51.8 Å². The lowest BCUT2D eigenvalue weighted by Crippen LogP contribution is -2.55. The molecule has 2 rings (SSSR count). The molecule has 0 spiro atoms. The maximum atomic E-state index is 12.6. The van der Waals surface area contributed by atoms with Gasteiger partial charge in [-0.1, -0.05) is 12.2 Å². The van der Waals surface area contributed by atoms with E-state index in [4.69, 9.17) is 14.2 Å². The van der Waals surface area contributed by atoms with Crippen LogP contribution in [0.2, 0.25) is 0 Å². The maximum Gasteiger partial charge on any atom is 0.337 e. The van der Waals surface area contributed by atoms with Crippen LogP contribution >= 0.6 is 0 Å². The van der Waals surface area contributed by atoms with Crippen LogP contribution < -0.4 is 36.6 Å². The van der Waals surface area contributed by atoms with Crippen molar-refractivity contribution in [1.82, 2.24) is 13.7 Å². The zero-order chi connectivity index (χ0) is 23.1. The third-order valence-electron chi connectivity index (χ3n) is 4.26. The Balaban J connectivity index is 2.46. The summed E-state index contributed by atoms with van der Waals surface area (Å²) in [6.07, 6.45) is 2.68. The van der Waals surface area contributed by atoms with Gasteiger partial charge < -0.3 is 19.5 Å². The first-order valence-corrected chi connectivity index (χ1v) is 9.09. The van der Waals surface area contributed by atoms with E-state index < -0.39 is 29.5 Å². The zero-order valence-electron chi connectivity index (χ0n) is 17.5. The van der Waals surface area contributed by atoms with E-state index in [9.17, 15) is 19.2 Å². The summed E-state index contributed by atoms with van der Waals surface area (Å²) in [5.74, 6) is 0.273. The second kappa shape index (κ2) is 10.1. The lowest BCUT2D eigenvalue weighted by Gasteiger charge is -2.15. The van der Waals surface area contributed by atoms with Gasteiger partial charge in [0.25, 0.3) is 0 Å². The number of aromatic nitrogens is 3. The van der Waals surface area contributed by atoms with E-state index in [0.29, 0.717) is 27.5 Å². The van der Waals surface area contributed by atoms with Gasteiger partial charge in [0, 0.05) is 17.8 Å². The van der Waals surface area contributed by atoms with Crippen molar-refractivity contribution >= 4 is 11.6 Å². The van der Waals surface area contributed by atoms with Crippen LogP contribution in [-0.2, 0) is 24.4 Å². The molecule has 0 atom stereocenters. The number of rotatable bonds is 10. The fraction of sp³-hybridized carbons (Fsp3) is 0.300. The van der Waals surface area contributed by atoms with E-state index >= 15 is 0 Å². The highest BCUT2D eigenvalue weighted by atomic mass is 16.5. The molecule has 1 aromatic heterocycles. The van der Waals surface area contributed by atoms with Crippen LogP contribution in [0.1, 0.15) is 0 Å². The molecular weight excluding hydrogens is 408 g/mol. The molecule has 0 unspecified atom stereocenters. The average Bonchev–Trinajstić information content (AvgIpc) is 2.76. The number of amides is 1. The van der Waals surface area contributed by atoms with Gasteiger partial charge in [0.2, 0.25) is 11.7 Å². The van der Waals surface area contributed by atoms with Gasteiger partial charge in [0.15, 0.2) is 11.5 Å². The molecule has 1 aromatic carbocycles. The standard InChI is InChI=1S/C20H24N4O7/c1-6-8-22-18(26)23(9-7-2)20(28)24(19(22)27)12-16(25)21-13-10-14(29-3)17(31-5)15(11-13)30-4/h6-7,10-11H,1-2,8-9,12H2,3-5H3,(H,21,25). The minimum absolute atomic E-state index is 0.121. The van der Waals surface area contributed by atoms with Crippen LogP contribution in [-0.4, -0.2) is 40.9 Å². The number of hydrogen-bond donors (Lipinski definition) is 1. The van der Waals surface area contributed by atoms with Crippen molar-refractivity contribution in [3.05, 3.63) is 68.9 Å². The summed E-state index contributed by atoms with van der Waals surface area (Å²) in [6, 6.07) is 2.99. The Morgan fingerprint density at radius 3 is 1.71 bits per heavy atom. The first-order valence-electron chi connectivity index (χ1n) is 9.09. The summed E-state index contributed by atoms with van der Waals surface area (Å²) in [5.41, 5.74) is -2.36. The Kier molecular flexibility index (Phi) is 7.61. The van der Waals surface area contributed by atoms with Crippen LogP contribution in [0.3, 0.4) is 0 Å². The number of carbonyl (C=O) groups excluding carboxylic acids is 1. The normalized spacial score (nSPS) is 10.3. The monoisotopic (exact) mass is 432 g/mol. The molecule has 0 aliphatic rings. The number of methoxy groups -OCH3 is 3. The number of benzene rings is 1. The lowest BCUT2D eigenvalue weighted by atomic mass is 10.2. The Hall–Kier alpha value is -4.02. The van der Waals surface area contributed by atoms with Gasteiger partial charge in [-0.25, -0.2) is 28.1 Å². The summed E-state index contributed by atoms with van der Waals surface area (Å²) in [6.45, 7) is 6.14. The SMILES string of the molecule is C=CCn1c(=O)n(CC=C)c(=O)n(CC(=O)Nc2cc(OC)c(OC)c(OC)c2)c1=O. The van der Waals surface area contributed by atoms with Gasteiger partial charge >= 0.3 is 17.1 Å². The molecule has 0 fully saturated rings. The van der Waals surface area contributed by atoms with Crippen LogP contribution in [0.4, 0.5) is 5.69 Å². The molecule has 11 heteroatoms. The van der Waals surface area contributed by atoms with E-state index in [2.05, 4.69) is 18.5 Å². The highest BCUT2D eigenvalue weighted by molar-refractivity contribution is 5.91. The van der Waals surface area contributed by atoms with E-state index in [1.807, 2.05) is 0 Å². The van der Waals surface area contributed by atoms with Gasteiger partial charge in [0.05, 0.1) is 34.4 Å². The summed E-state index contributed by atoms with van der Waals surface area (Å²) >= 11 is 0. The van der Waals surface area contributed by atoms with E-state index in [1.54, 1.807) is 0 Å². The molecule has 0 saturated carbocycles. The molecule has 31 heavy (non-hydrogen) atoms. The highest BCUT2D eigenvalue weighted by Crippen LogP contribution is 2.39. The van der Waals surface area contributed by atoms with Gasteiger partial charge in [0.1, 0.15) is 6.54 Å². The molecule has 11 nitrogen and oxygen atoms in total. The van der Waals surface area contributed by atoms with Gasteiger partial charge in [-0.2, -0.15) is 0 Å². The first kappa shape index (κ1) is 23.3. The Labute approximate surface area is 177 Å². The van der Waals surface area contributed by atoms with Crippen LogP contribution in [0.5, 0.6) is 17.2 Å². The number of anilines is 1. The second-order valence-electron chi connectivity index (χ2n) is 6.19. The number of nitrogens with one attached hydrogen (secondary N) is 1. The molecule has 0 aliphatic heterocycles. The predicted molar refractivity (Wildman–Crippen MR) is 114 cm³/mol. The molecule has 1 heterocycles. The Morgan fingerprint density at radius 1 is 0.871 bits per heavy atom. The Morgan fingerprint density at radius 2 is 1.32 bits per heavy atom. The maximum absolute atomic E-state index is 12.6. The molecule has 166 valence electrons. The van der Waals surface area contributed by atoms with Crippen molar-refractivity contribution in [3.63, 3.8) is 0 Å². The average molecular weight is 432 g/mol. The summed E-state index contributed by atoms with van der Waals surface area (Å²) < 4.78 is 18.0. The van der Waals surface area contributed by atoms with E-state index in [0.717, 1.165) is 9.13 Å². The quantitative estimate of drug-likeness (QED) is 0.533. The highest BCUT2D eigenvalue weighted by Gasteiger charge is 2.18. The molecule has 0 bridgehead atoms. The second-order valence-corrected chi connectivity index (χ2v) is 6.19. The van der Waals surface area contributed by atoms with Crippen LogP contribution in [0, 0.1) is 0 Å². The third-order valence-corrected chi connectivity index (χ3v) is 4.26. The molecule has 0 saturated heterocycles. The number of allylic oxidation sites excluding steroid dienone is 2. The van der Waals surface area contributed by atoms with Crippen molar-refractivity contribution in [1.29, 1.82) is 0 Å². The number of hydrogen-bond acceptors (Lipinski definition) is 7.